The zero-order valence-corrected chi connectivity index (χ0v) is 11.4. The Hall–Kier alpha value is -1.32. The number of aryl methyl sites for hydroxylation is 1. The molecule has 0 saturated carbocycles. The highest BCUT2D eigenvalue weighted by atomic mass is 35.5. The number of nitrogens with zero attached hydrogens (tertiary/aromatic N) is 2. The van der Waals surface area contributed by atoms with E-state index < -0.39 is 6.10 Å². The first-order valence-electron chi connectivity index (χ1n) is 6.09. The fraction of sp³-hybridized carbons (Fsp3) is 0.357. The van der Waals surface area contributed by atoms with Gasteiger partial charge in [0, 0.05) is 24.0 Å². The molecule has 0 amide bonds. The van der Waals surface area contributed by atoms with Gasteiger partial charge in [-0.2, -0.15) is 0 Å². The van der Waals surface area contributed by atoms with Crippen LogP contribution in [0.3, 0.4) is 0 Å². The topological polar surface area (TPSA) is 38.0 Å². The van der Waals surface area contributed by atoms with Gasteiger partial charge in [-0.15, -0.1) is 0 Å². The van der Waals surface area contributed by atoms with E-state index in [0.717, 1.165) is 24.1 Å². The van der Waals surface area contributed by atoms with Gasteiger partial charge in [0.1, 0.15) is 11.9 Å². The van der Waals surface area contributed by atoms with Crippen LogP contribution in [0.25, 0.3) is 0 Å². The van der Waals surface area contributed by atoms with Crippen LogP contribution in [0.1, 0.15) is 36.4 Å². The maximum Gasteiger partial charge on any atom is 0.142 e. The monoisotopic (exact) mass is 264 g/mol. The molecule has 0 spiro atoms. The van der Waals surface area contributed by atoms with Crippen LogP contribution in [-0.2, 0) is 6.54 Å². The van der Waals surface area contributed by atoms with Crippen molar-refractivity contribution in [2.24, 2.45) is 0 Å². The summed E-state index contributed by atoms with van der Waals surface area (Å²) in [5.74, 6) is 0.669. The molecule has 0 radical (unpaired) electrons. The molecule has 4 heteroatoms. The number of rotatable bonds is 4. The number of halogens is 1. The third-order valence-corrected chi connectivity index (χ3v) is 3.47. The lowest BCUT2D eigenvalue weighted by Crippen LogP contribution is -2.10. The second-order valence-corrected chi connectivity index (χ2v) is 4.74. The van der Waals surface area contributed by atoms with Gasteiger partial charge in [-0.05, 0) is 30.5 Å². The number of aliphatic hydroxyl groups excluding tert-OH is 1. The summed E-state index contributed by atoms with van der Waals surface area (Å²) in [6, 6.07) is 5.56. The first kappa shape index (κ1) is 13.1. The lowest BCUT2D eigenvalue weighted by atomic mass is 10.0. The number of imidazole rings is 1. The standard InChI is InChI=1S/C14H17ClN2O/c1-3-8-17-9-7-16-14(17)13(18)11-5-4-6-12(15)10(11)2/h4-7,9,13,18H,3,8H2,1-2H3. The summed E-state index contributed by atoms with van der Waals surface area (Å²) in [7, 11) is 0. The Morgan fingerprint density at radius 2 is 2.22 bits per heavy atom. The normalized spacial score (nSPS) is 12.7. The van der Waals surface area contributed by atoms with Crippen LogP contribution in [0.4, 0.5) is 0 Å². The van der Waals surface area contributed by atoms with Gasteiger partial charge >= 0.3 is 0 Å². The summed E-state index contributed by atoms with van der Waals surface area (Å²) in [5, 5.41) is 11.1. The van der Waals surface area contributed by atoms with E-state index >= 15 is 0 Å². The van der Waals surface area contributed by atoms with Gasteiger partial charge in [-0.25, -0.2) is 4.98 Å². The van der Waals surface area contributed by atoms with Crippen molar-refractivity contribution in [3.63, 3.8) is 0 Å². The highest BCUT2D eigenvalue weighted by molar-refractivity contribution is 6.31. The Morgan fingerprint density at radius 1 is 1.44 bits per heavy atom. The first-order valence-corrected chi connectivity index (χ1v) is 6.47. The SMILES string of the molecule is CCCn1ccnc1C(O)c1cccc(Cl)c1C. The van der Waals surface area contributed by atoms with E-state index in [1.165, 1.54) is 0 Å². The molecular weight excluding hydrogens is 248 g/mol. The number of aliphatic hydroxyl groups is 1. The van der Waals surface area contributed by atoms with Gasteiger partial charge < -0.3 is 9.67 Å². The molecule has 1 aromatic carbocycles. The van der Waals surface area contributed by atoms with Crippen LogP contribution >= 0.6 is 11.6 Å². The third-order valence-electron chi connectivity index (χ3n) is 3.06. The maximum atomic E-state index is 10.5. The van der Waals surface area contributed by atoms with Crippen LogP contribution in [-0.4, -0.2) is 14.7 Å². The number of benzene rings is 1. The van der Waals surface area contributed by atoms with Crippen LogP contribution in [0.2, 0.25) is 5.02 Å². The van der Waals surface area contributed by atoms with E-state index in [4.69, 9.17) is 11.6 Å². The second-order valence-electron chi connectivity index (χ2n) is 4.34. The van der Waals surface area contributed by atoms with E-state index in [9.17, 15) is 5.11 Å². The van der Waals surface area contributed by atoms with E-state index in [-0.39, 0.29) is 0 Å². The summed E-state index contributed by atoms with van der Waals surface area (Å²) in [4.78, 5) is 4.25. The van der Waals surface area contributed by atoms with Crippen molar-refractivity contribution in [1.29, 1.82) is 0 Å². The highest BCUT2D eigenvalue weighted by Crippen LogP contribution is 2.27. The fourth-order valence-electron chi connectivity index (χ4n) is 2.06. The van der Waals surface area contributed by atoms with E-state index in [2.05, 4.69) is 11.9 Å². The maximum absolute atomic E-state index is 10.5. The molecule has 1 heterocycles. The Bertz CT molecular complexity index is 536. The van der Waals surface area contributed by atoms with Crippen molar-refractivity contribution in [1.82, 2.24) is 9.55 Å². The second kappa shape index (κ2) is 5.55. The Kier molecular flexibility index (Phi) is 4.04. The van der Waals surface area contributed by atoms with Crippen molar-refractivity contribution in [3.8, 4) is 0 Å². The van der Waals surface area contributed by atoms with Crippen molar-refractivity contribution >= 4 is 11.6 Å². The summed E-state index contributed by atoms with van der Waals surface area (Å²) >= 11 is 6.08. The van der Waals surface area contributed by atoms with Crippen molar-refractivity contribution < 1.29 is 5.11 Å². The molecule has 2 rings (SSSR count). The Balaban J connectivity index is 2.38. The average molecular weight is 265 g/mol. The summed E-state index contributed by atoms with van der Waals surface area (Å²) < 4.78 is 1.98. The molecule has 96 valence electrons. The highest BCUT2D eigenvalue weighted by Gasteiger charge is 2.18. The molecule has 1 unspecified atom stereocenters. The molecule has 0 aliphatic carbocycles. The lowest BCUT2D eigenvalue weighted by molar-refractivity contribution is 0.203. The summed E-state index contributed by atoms with van der Waals surface area (Å²) in [6.07, 6.45) is 3.88. The zero-order valence-electron chi connectivity index (χ0n) is 10.6. The van der Waals surface area contributed by atoms with Crippen LogP contribution < -0.4 is 0 Å². The minimum Gasteiger partial charge on any atom is -0.380 e. The molecule has 1 aromatic heterocycles. The quantitative estimate of drug-likeness (QED) is 0.920. The largest absolute Gasteiger partial charge is 0.380 e. The molecule has 0 saturated heterocycles. The molecule has 2 aromatic rings. The fourth-order valence-corrected chi connectivity index (χ4v) is 2.24. The predicted molar refractivity (Wildman–Crippen MR) is 72.8 cm³/mol. The third kappa shape index (κ3) is 2.42. The van der Waals surface area contributed by atoms with Crippen LogP contribution in [0.15, 0.2) is 30.6 Å². The average Bonchev–Trinajstić information content (AvgIpc) is 2.80. The number of hydrogen-bond acceptors (Lipinski definition) is 2. The van der Waals surface area contributed by atoms with Crippen LogP contribution in [0.5, 0.6) is 0 Å². The van der Waals surface area contributed by atoms with Crippen molar-refractivity contribution in [3.05, 3.63) is 52.6 Å². The van der Waals surface area contributed by atoms with Crippen LogP contribution in [0, 0.1) is 6.92 Å². The molecule has 3 nitrogen and oxygen atoms in total. The lowest BCUT2D eigenvalue weighted by Gasteiger charge is -2.15. The van der Waals surface area contributed by atoms with E-state index in [1.54, 1.807) is 6.20 Å². The van der Waals surface area contributed by atoms with Gasteiger partial charge in [0.15, 0.2) is 0 Å². The van der Waals surface area contributed by atoms with Gasteiger partial charge in [0.2, 0.25) is 0 Å². The number of hydrogen-bond donors (Lipinski definition) is 1. The van der Waals surface area contributed by atoms with Gasteiger partial charge in [-0.1, -0.05) is 30.7 Å². The molecule has 0 bridgehead atoms. The Labute approximate surface area is 112 Å². The van der Waals surface area contributed by atoms with Crippen molar-refractivity contribution in [2.75, 3.05) is 0 Å². The number of aromatic nitrogens is 2. The minimum absolute atomic E-state index is 0.667. The molecule has 0 aliphatic rings. The molecule has 0 aliphatic heterocycles. The summed E-state index contributed by atoms with van der Waals surface area (Å²) in [6.45, 7) is 4.86. The molecule has 18 heavy (non-hydrogen) atoms. The molecule has 0 fully saturated rings. The van der Waals surface area contributed by atoms with E-state index in [0.29, 0.717) is 10.8 Å². The van der Waals surface area contributed by atoms with Gasteiger partial charge in [-0.3, -0.25) is 0 Å². The van der Waals surface area contributed by atoms with Gasteiger partial charge in [0.05, 0.1) is 0 Å². The molecule has 1 atom stereocenters. The molecule has 1 N–H and O–H groups in total. The molecular formula is C14H17ClN2O. The van der Waals surface area contributed by atoms with Crippen molar-refractivity contribution in [2.45, 2.75) is 32.9 Å². The summed E-state index contributed by atoms with van der Waals surface area (Å²) in [5.41, 5.74) is 1.71. The van der Waals surface area contributed by atoms with E-state index in [1.807, 2.05) is 35.9 Å². The first-order chi connectivity index (χ1) is 8.65. The zero-order chi connectivity index (χ0) is 13.1. The minimum atomic E-state index is -0.731. The smallest absolute Gasteiger partial charge is 0.142 e. The Morgan fingerprint density at radius 3 is 2.94 bits per heavy atom. The van der Waals surface area contributed by atoms with Gasteiger partial charge in [0.25, 0.3) is 0 Å². The predicted octanol–water partition coefficient (Wildman–Crippen LogP) is 3.34.